The van der Waals surface area contributed by atoms with Crippen LogP contribution in [0.1, 0.15) is 26.2 Å². The fraction of sp³-hybridized carbons (Fsp3) is 0.467. The van der Waals surface area contributed by atoms with Crippen molar-refractivity contribution in [3.8, 4) is 0 Å². The highest BCUT2D eigenvalue weighted by molar-refractivity contribution is 5.95. The van der Waals surface area contributed by atoms with Gasteiger partial charge in [-0.3, -0.25) is 9.59 Å². The number of aliphatic carboxylic acids is 1. The van der Waals surface area contributed by atoms with Crippen molar-refractivity contribution in [1.82, 2.24) is 0 Å². The minimum Gasteiger partial charge on any atom is -0.481 e. The number of carboxylic acids is 1. The molecule has 0 bridgehead atoms. The Morgan fingerprint density at radius 1 is 1.30 bits per heavy atom. The van der Waals surface area contributed by atoms with Crippen molar-refractivity contribution < 1.29 is 19.1 Å². The van der Waals surface area contributed by atoms with Gasteiger partial charge in [-0.15, -0.1) is 0 Å². The molecular weight excluding hydrogens is 261 g/mol. The third kappa shape index (κ3) is 3.35. The van der Waals surface area contributed by atoms with Crippen LogP contribution < -0.4 is 5.32 Å². The first-order valence-electron chi connectivity index (χ1n) is 6.76. The Balaban J connectivity index is 2.09. The van der Waals surface area contributed by atoms with E-state index < -0.39 is 23.6 Å². The summed E-state index contributed by atoms with van der Waals surface area (Å²) in [6.45, 7) is 2.00. The van der Waals surface area contributed by atoms with E-state index in [1.54, 1.807) is 6.07 Å². The van der Waals surface area contributed by atoms with Crippen molar-refractivity contribution in [2.24, 2.45) is 17.8 Å². The zero-order chi connectivity index (χ0) is 14.7. The topological polar surface area (TPSA) is 66.4 Å². The number of benzene rings is 1. The molecule has 4 nitrogen and oxygen atoms in total. The maximum Gasteiger partial charge on any atom is 0.307 e. The summed E-state index contributed by atoms with van der Waals surface area (Å²) in [6.07, 6.45) is 1.90. The molecule has 0 aromatic heterocycles. The SMILES string of the molecule is CC1CCC(C(=O)Nc2cccc(F)c2)C(C(=O)O)C1. The summed E-state index contributed by atoms with van der Waals surface area (Å²) in [4.78, 5) is 23.5. The lowest BCUT2D eigenvalue weighted by Crippen LogP contribution is -2.38. The van der Waals surface area contributed by atoms with E-state index >= 15 is 0 Å². The monoisotopic (exact) mass is 279 g/mol. The number of carboxylic acid groups (broad SMARTS) is 1. The predicted molar refractivity (Wildman–Crippen MR) is 72.7 cm³/mol. The average Bonchev–Trinajstić information content (AvgIpc) is 2.38. The number of anilines is 1. The molecule has 1 aliphatic carbocycles. The minimum atomic E-state index is -0.934. The average molecular weight is 279 g/mol. The molecule has 2 N–H and O–H groups in total. The largest absolute Gasteiger partial charge is 0.481 e. The predicted octanol–water partition coefficient (Wildman–Crippen LogP) is 2.90. The summed E-state index contributed by atoms with van der Waals surface area (Å²) in [7, 11) is 0. The normalized spacial score (nSPS) is 26.0. The number of nitrogens with one attached hydrogen (secondary N) is 1. The van der Waals surface area contributed by atoms with E-state index in [0.717, 1.165) is 6.42 Å². The molecule has 1 amide bonds. The van der Waals surface area contributed by atoms with Crippen LogP contribution in [0.5, 0.6) is 0 Å². The zero-order valence-electron chi connectivity index (χ0n) is 11.3. The van der Waals surface area contributed by atoms with Gasteiger partial charge in [0, 0.05) is 5.69 Å². The lowest BCUT2D eigenvalue weighted by atomic mass is 9.74. The number of amides is 1. The third-order valence-corrected chi connectivity index (χ3v) is 3.86. The Morgan fingerprint density at radius 3 is 2.70 bits per heavy atom. The van der Waals surface area contributed by atoms with E-state index in [1.165, 1.54) is 18.2 Å². The molecule has 1 aliphatic rings. The lowest BCUT2D eigenvalue weighted by Gasteiger charge is -2.31. The van der Waals surface area contributed by atoms with Crippen molar-refractivity contribution in [3.05, 3.63) is 30.1 Å². The molecular formula is C15H18FNO3. The fourth-order valence-electron chi connectivity index (χ4n) is 2.77. The molecule has 1 aromatic rings. The molecule has 0 spiro atoms. The molecule has 20 heavy (non-hydrogen) atoms. The second-order valence-electron chi connectivity index (χ2n) is 5.47. The van der Waals surface area contributed by atoms with E-state index in [-0.39, 0.29) is 5.91 Å². The summed E-state index contributed by atoms with van der Waals surface area (Å²) < 4.78 is 13.1. The van der Waals surface area contributed by atoms with Crippen molar-refractivity contribution in [2.75, 3.05) is 5.32 Å². The summed E-state index contributed by atoms with van der Waals surface area (Å²) >= 11 is 0. The zero-order valence-corrected chi connectivity index (χ0v) is 11.3. The Morgan fingerprint density at radius 2 is 2.05 bits per heavy atom. The quantitative estimate of drug-likeness (QED) is 0.894. The highest BCUT2D eigenvalue weighted by Crippen LogP contribution is 2.34. The molecule has 3 atom stereocenters. The van der Waals surface area contributed by atoms with E-state index in [1.807, 2.05) is 6.92 Å². The van der Waals surface area contributed by atoms with Gasteiger partial charge in [-0.05, 0) is 43.4 Å². The van der Waals surface area contributed by atoms with Gasteiger partial charge in [0.1, 0.15) is 5.82 Å². The third-order valence-electron chi connectivity index (χ3n) is 3.86. The number of rotatable bonds is 3. The second kappa shape index (κ2) is 6.03. The Kier molecular flexibility index (Phi) is 4.37. The second-order valence-corrected chi connectivity index (χ2v) is 5.47. The molecule has 0 saturated heterocycles. The standard InChI is InChI=1S/C15H18FNO3/c1-9-5-6-12(13(7-9)15(19)20)14(18)17-11-4-2-3-10(16)8-11/h2-4,8-9,12-13H,5-7H2,1H3,(H,17,18)(H,19,20). The van der Waals surface area contributed by atoms with Crippen LogP contribution in [-0.4, -0.2) is 17.0 Å². The van der Waals surface area contributed by atoms with Gasteiger partial charge in [0.25, 0.3) is 0 Å². The molecule has 1 saturated carbocycles. The van der Waals surface area contributed by atoms with E-state index in [4.69, 9.17) is 0 Å². The van der Waals surface area contributed by atoms with E-state index in [2.05, 4.69) is 5.32 Å². The number of halogens is 1. The summed E-state index contributed by atoms with van der Waals surface area (Å²) in [5.41, 5.74) is 0.359. The highest BCUT2D eigenvalue weighted by atomic mass is 19.1. The fourth-order valence-corrected chi connectivity index (χ4v) is 2.77. The first kappa shape index (κ1) is 14.5. The van der Waals surface area contributed by atoms with Crippen molar-refractivity contribution in [2.45, 2.75) is 26.2 Å². The summed E-state index contributed by atoms with van der Waals surface area (Å²) in [6, 6.07) is 5.60. The summed E-state index contributed by atoms with van der Waals surface area (Å²) in [5, 5.41) is 11.9. The van der Waals surface area contributed by atoms with Crippen LogP contribution in [-0.2, 0) is 9.59 Å². The van der Waals surface area contributed by atoms with E-state index in [9.17, 15) is 19.1 Å². The Labute approximate surface area is 117 Å². The maximum atomic E-state index is 13.1. The number of hydrogen-bond donors (Lipinski definition) is 2. The van der Waals surface area contributed by atoms with Gasteiger partial charge < -0.3 is 10.4 Å². The van der Waals surface area contributed by atoms with Gasteiger partial charge in [0.05, 0.1) is 11.8 Å². The van der Waals surface area contributed by atoms with Crippen LogP contribution in [0.3, 0.4) is 0 Å². The van der Waals surface area contributed by atoms with Crippen molar-refractivity contribution >= 4 is 17.6 Å². The van der Waals surface area contributed by atoms with Crippen LogP contribution in [0.25, 0.3) is 0 Å². The van der Waals surface area contributed by atoms with Crippen molar-refractivity contribution in [1.29, 1.82) is 0 Å². The number of hydrogen-bond acceptors (Lipinski definition) is 2. The minimum absolute atomic E-state index is 0.314. The number of carbonyl (C=O) groups is 2. The van der Waals surface area contributed by atoms with Gasteiger partial charge in [0.15, 0.2) is 0 Å². The van der Waals surface area contributed by atoms with Crippen molar-refractivity contribution in [3.63, 3.8) is 0 Å². The van der Waals surface area contributed by atoms with Gasteiger partial charge in [0.2, 0.25) is 5.91 Å². The molecule has 0 aliphatic heterocycles. The van der Waals surface area contributed by atoms with Crippen LogP contribution in [0, 0.1) is 23.6 Å². The molecule has 0 radical (unpaired) electrons. The first-order valence-corrected chi connectivity index (χ1v) is 6.76. The molecule has 1 aromatic carbocycles. The number of carbonyl (C=O) groups excluding carboxylic acids is 1. The van der Waals surface area contributed by atoms with Crippen LogP contribution in [0.4, 0.5) is 10.1 Å². The van der Waals surface area contributed by atoms with Crippen LogP contribution >= 0.6 is 0 Å². The maximum absolute atomic E-state index is 13.1. The lowest BCUT2D eigenvalue weighted by molar-refractivity contribution is -0.148. The molecule has 2 rings (SSSR count). The Bertz CT molecular complexity index is 518. The first-order chi connectivity index (χ1) is 9.47. The highest BCUT2D eigenvalue weighted by Gasteiger charge is 2.38. The molecule has 0 heterocycles. The molecule has 5 heteroatoms. The van der Waals surface area contributed by atoms with Crippen LogP contribution in [0.15, 0.2) is 24.3 Å². The molecule has 108 valence electrons. The molecule has 3 unspecified atom stereocenters. The van der Waals surface area contributed by atoms with Gasteiger partial charge in [-0.25, -0.2) is 4.39 Å². The smallest absolute Gasteiger partial charge is 0.307 e. The Hall–Kier alpha value is -1.91. The van der Waals surface area contributed by atoms with Gasteiger partial charge in [-0.1, -0.05) is 13.0 Å². The van der Waals surface area contributed by atoms with Gasteiger partial charge in [-0.2, -0.15) is 0 Å². The van der Waals surface area contributed by atoms with Gasteiger partial charge >= 0.3 is 5.97 Å². The van der Waals surface area contributed by atoms with E-state index in [0.29, 0.717) is 24.4 Å². The molecule has 1 fully saturated rings. The van der Waals surface area contributed by atoms with Crippen LogP contribution in [0.2, 0.25) is 0 Å². The summed E-state index contributed by atoms with van der Waals surface area (Å²) in [5.74, 6) is -2.60.